The van der Waals surface area contributed by atoms with Gasteiger partial charge in [-0.2, -0.15) is 5.10 Å². The van der Waals surface area contributed by atoms with Gasteiger partial charge in [0, 0.05) is 16.8 Å². The number of thioether (sulfide) groups is 1. The van der Waals surface area contributed by atoms with Crippen molar-refractivity contribution in [2.45, 2.75) is 17.7 Å². The SMILES string of the molecule is Cc1cc(CSc2nncc3ccccc23)on1. The van der Waals surface area contributed by atoms with Crippen molar-refractivity contribution in [1.82, 2.24) is 15.4 Å². The smallest absolute Gasteiger partial charge is 0.147 e. The predicted octanol–water partition coefficient (Wildman–Crippen LogP) is 3.22. The fraction of sp³-hybridized carbons (Fsp3) is 0.154. The third-order valence-electron chi connectivity index (χ3n) is 2.56. The van der Waals surface area contributed by atoms with Crippen molar-refractivity contribution < 1.29 is 4.52 Å². The summed E-state index contributed by atoms with van der Waals surface area (Å²) in [6.07, 6.45) is 1.78. The molecule has 3 aromatic rings. The van der Waals surface area contributed by atoms with E-state index in [0.29, 0.717) is 5.75 Å². The molecular formula is C13H11N3OS. The van der Waals surface area contributed by atoms with E-state index in [1.165, 1.54) is 0 Å². The van der Waals surface area contributed by atoms with Crippen LogP contribution in [0.2, 0.25) is 0 Å². The van der Waals surface area contributed by atoms with Gasteiger partial charge in [-0.3, -0.25) is 0 Å². The molecule has 1 aromatic carbocycles. The Morgan fingerprint density at radius 1 is 1.28 bits per heavy atom. The van der Waals surface area contributed by atoms with Gasteiger partial charge in [-0.15, -0.1) is 5.10 Å². The van der Waals surface area contributed by atoms with Gasteiger partial charge in [0.2, 0.25) is 0 Å². The van der Waals surface area contributed by atoms with Crippen LogP contribution in [0.1, 0.15) is 11.5 Å². The number of nitrogens with zero attached hydrogens (tertiary/aromatic N) is 3. The zero-order chi connectivity index (χ0) is 12.4. The molecule has 0 fully saturated rings. The van der Waals surface area contributed by atoms with E-state index in [2.05, 4.69) is 21.4 Å². The third kappa shape index (κ3) is 2.22. The van der Waals surface area contributed by atoms with Crippen LogP contribution >= 0.6 is 11.8 Å². The van der Waals surface area contributed by atoms with Crippen LogP contribution in [0.3, 0.4) is 0 Å². The molecule has 0 radical (unpaired) electrons. The first kappa shape index (κ1) is 11.2. The molecule has 0 aliphatic carbocycles. The van der Waals surface area contributed by atoms with Crippen LogP contribution in [0, 0.1) is 6.92 Å². The summed E-state index contributed by atoms with van der Waals surface area (Å²) in [6, 6.07) is 10.0. The van der Waals surface area contributed by atoms with Crippen LogP contribution in [0.4, 0.5) is 0 Å². The highest BCUT2D eigenvalue weighted by Crippen LogP contribution is 2.27. The molecule has 3 rings (SSSR count). The van der Waals surface area contributed by atoms with Gasteiger partial charge in [0.05, 0.1) is 17.6 Å². The number of fused-ring (bicyclic) bond motifs is 1. The van der Waals surface area contributed by atoms with E-state index in [1.807, 2.05) is 31.2 Å². The maximum Gasteiger partial charge on any atom is 0.147 e. The Balaban J connectivity index is 1.86. The summed E-state index contributed by atoms with van der Waals surface area (Å²) in [5.41, 5.74) is 0.898. The Morgan fingerprint density at radius 3 is 3.00 bits per heavy atom. The zero-order valence-electron chi connectivity index (χ0n) is 9.83. The van der Waals surface area contributed by atoms with Gasteiger partial charge in [-0.1, -0.05) is 41.2 Å². The Hall–Kier alpha value is -1.88. The first-order valence-electron chi connectivity index (χ1n) is 5.58. The van der Waals surface area contributed by atoms with Crippen LogP contribution < -0.4 is 0 Å². The lowest BCUT2D eigenvalue weighted by atomic mass is 10.2. The second kappa shape index (κ2) is 4.78. The molecule has 0 atom stereocenters. The highest BCUT2D eigenvalue weighted by atomic mass is 32.2. The molecule has 2 aromatic heterocycles. The third-order valence-corrected chi connectivity index (χ3v) is 3.57. The first-order valence-corrected chi connectivity index (χ1v) is 6.57. The molecule has 0 aliphatic heterocycles. The molecule has 0 bridgehead atoms. The van der Waals surface area contributed by atoms with E-state index in [0.717, 1.165) is 27.3 Å². The molecule has 0 N–H and O–H groups in total. The Kier molecular flexibility index (Phi) is 2.98. The molecule has 4 nitrogen and oxygen atoms in total. The van der Waals surface area contributed by atoms with Crippen molar-refractivity contribution in [3.63, 3.8) is 0 Å². The highest BCUT2D eigenvalue weighted by molar-refractivity contribution is 7.98. The van der Waals surface area contributed by atoms with E-state index < -0.39 is 0 Å². The van der Waals surface area contributed by atoms with E-state index in [9.17, 15) is 0 Å². The Morgan fingerprint density at radius 2 is 2.17 bits per heavy atom. The standard InChI is InChI=1S/C13H11N3OS/c1-9-6-11(17-16-9)8-18-13-12-5-3-2-4-10(12)7-14-15-13/h2-7H,8H2,1H3. The molecule has 5 heteroatoms. The molecule has 2 heterocycles. The number of aromatic nitrogens is 3. The van der Waals surface area contributed by atoms with Crippen LogP contribution in [0.15, 0.2) is 46.1 Å². The summed E-state index contributed by atoms with van der Waals surface area (Å²) >= 11 is 1.61. The van der Waals surface area contributed by atoms with E-state index >= 15 is 0 Å². The maximum atomic E-state index is 5.18. The monoisotopic (exact) mass is 257 g/mol. The lowest BCUT2D eigenvalue weighted by molar-refractivity contribution is 0.391. The lowest BCUT2D eigenvalue weighted by Crippen LogP contribution is -1.87. The van der Waals surface area contributed by atoms with Gasteiger partial charge >= 0.3 is 0 Å². The minimum atomic E-state index is 0.712. The minimum Gasteiger partial charge on any atom is -0.360 e. The minimum absolute atomic E-state index is 0.712. The molecule has 0 aliphatic rings. The zero-order valence-corrected chi connectivity index (χ0v) is 10.6. The van der Waals surface area contributed by atoms with E-state index in [-0.39, 0.29) is 0 Å². The van der Waals surface area contributed by atoms with Crippen molar-refractivity contribution in [1.29, 1.82) is 0 Å². The number of aryl methyl sites for hydroxylation is 1. The summed E-state index contributed by atoms with van der Waals surface area (Å²) < 4.78 is 5.18. The summed E-state index contributed by atoms with van der Waals surface area (Å²) in [7, 11) is 0. The second-order valence-electron chi connectivity index (χ2n) is 3.96. The normalized spacial score (nSPS) is 10.9. The predicted molar refractivity (Wildman–Crippen MR) is 70.3 cm³/mol. The van der Waals surface area contributed by atoms with Crippen molar-refractivity contribution in [2.75, 3.05) is 0 Å². The van der Waals surface area contributed by atoms with Gasteiger partial charge < -0.3 is 4.52 Å². The second-order valence-corrected chi connectivity index (χ2v) is 4.92. The number of hydrogen-bond acceptors (Lipinski definition) is 5. The largest absolute Gasteiger partial charge is 0.360 e. The Labute approximate surface area is 108 Å². The van der Waals surface area contributed by atoms with E-state index in [1.54, 1.807) is 18.0 Å². The van der Waals surface area contributed by atoms with Crippen molar-refractivity contribution in [2.24, 2.45) is 0 Å². The molecule has 0 spiro atoms. The molecule has 0 amide bonds. The molecule has 0 saturated carbocycles. The van der Waals surface area contributed by atoms with Crippen LogP contribution in [-0.2, 0) is 5.75 Å². The van der Waals surface area contributed by atoms with Crippen molar-refractivity contribution in [3.8, 4) is 0 Å². The van der Waals surface area contributed by atoms with Crippen LogP contribution in [0.25, 0.3) is 10.8 Å². The van der Waals surface area contributed by atoms with Gasteiger partial charge in [-0.25, -0.2) is 0 Å². The van der Waals surface area contributed by atoms with Crippen molar-refractivity contribution in [3.05, 3.63) is 48.0 Å². The fourth-order valence-electron chi connectivity index (χ4n) is 1.73. The number of rotatable bonds is 3. The average molecular weight is 257 g/mol. The summed E-state index contributed by atoms with van der Waals surface area (Å²) in [5.74, 6) is 1.57. The molecule has 0 unspecified atom stereocenters. The first-order chi connectivity index (χ1) is 8.83. The average Bonchev–Trinajstić information content (AvgIpc) is 2.82. The maximum absolute atomic E-state index is 5.18. The molecular weight excluding hydrogens is 246 g/mol. The van der Waals surface area contributed by atoms with E-state index in [4.69, 9.17) is 4.52 Å². The van der Waals surface area contributed by atoms with Gasteiger partial charge in [-0.05, 0) is 6.92 Å². The molecule has 90 valence electrons. The Bertz CT molecular complexity index is 675. The molecule has 0 saturated heterocycles. The quantitative estimate of drug-likeness (QED) is 0.674. The fourth-order valence-corrected chi connectivity index (χ4v) is 2.59. The summed E-state index contributed by atoms with van der Waals surface area (Å²) in [5, 5.41) is 15.2. The molecule has 18 heavy (non-hydrogen) atoms. The van der Waals surface area contributed by atoms with Crippen LogP contribution in [-0.4, -0.2) is 15.4 Å². The van der Waals surface area contributed by atoms with Gasteiger partial charge in [0.15, 0.2) is 0 Å². The summed E-state index contributed by atoms with van der Waals surface area (Å²) in [6.45, 7) is 1.91. The summed E-state index contributed by atoms with van der Waals surface area (Å²) in [4.78, 5) is 0. The van der Waals surface area contributed by atoms with Gasteiger partial charge in [0.25, 0.3) is 0 Å². The number of benzene rings is 1. The van der Waals surface area contributed by atoms with Gasteiger partial charge in [0.1, 0.15) is 10.8 Å². The topological polar surface area (TPSA) is 51.8 Å². The number of hydrogen-bond donors (Lipinski definition) is 0. The lowest BCUT2D eigenvalue weighted by Gasteiger charge is -2.02. The van der Waals surface area contributed by atoms with Crippen molar-refractivity contribution >= 4 is 22.5 Å². The van der Waals surface area contributed by atoms with Crippen LogP contribution in [0.5, 0.6) is 0 Å². The highest BCUT2D eigenvalue weighted by Gasteiger charge is 2.06.